The molecule has 22 heavy (non-hydrogen) atoms. The van der Waals surface area contributed by atoms with Crippen molar-refractivity contribution in [1.82, 2.24) is 4.90 Å². The zero-order valence-corrected chi connectivity index (χ0v) is 13.7. The fourth-order valence-corrected chi connectivity index (χ4v) is 5.59. The number of piperidine rings is 1. The summed E-state index contributed by atoms with van der Waals surface area (Å²) in [6.45, 7) is 1.55. The van der Waals surface area contributed by atoms with E-state index in [2.05, 4.69) is 4.90 Å². The molecule has 2 fully saturated rings. The Morgan fingerprint density at radius 2 is 1.59 bits per heavy atom. The van der Waals surface area contributed by atoms with Gasteiger partial charge in [0.1, 0.15) is 0 Å². The number of benzene rings is 1. The van der Waals surface area contributed by atoms with E-state index in [-0.39, 0.29) is 17.4 Å². The van der Waals surface area contributed by atoms with Crippen LogP contribution in [-0.4, -0.2) is 48.9 Å². The Hall–Kier alpha value is -0.910. The molecule has 0 bridgehead atoms. The Bertz CT molecular complexity index is 579. The molecule has 1 aromatic carbocycles. The quantitative estimate of drug-likeness (QED) is 0.927. The van der Waals surface area contributed by atoms with Crippen LogP contribution in [0.15, 0.2) is 35.2 Å². The lowest BCUT2D eigenvalue weighted by molar-refractivity contribution is 0.0118. The van der Waals surface area contributed by atoms with Crippen molar-refractivity contribution >= 4 is 9.84 Å². The van der Waals surface area contributed by atoms with E-state index >= 15 is 0 Å². The van der Waals surface area contributed by atoms with E-state index in [1.54, 1.807) is 24.3 Å². The van der Waals surface area contributed by atoms with Crippen molar-refractivity contribution < 1.29 is 13.5 Å². The lowest BCUT2D eigenvalue weighted by Gasteiger charge is -2.41. The summed E-state index contributed by atoms with van der Waals surface area (Å²) in [5, 5.41) is 9.88. The van der Waals surface area contributed by atoms with Crippen LogP contribution in [0.3, 0.4) is 0 Å². The van der Waals surface area contributed by atoms with Gasteiger partial charge in [0, 0.05) is 6.04 Å². The molecule has 2 atom stereocenters. The van der Waals surface area contributed by atoms with Crippen molar-refractivity contribution in [2.45, 2.75) is 60.8 Å². The Labute approximate surface area is 133 Å². The van der Waals surface area contributed by atoms with Crippen molar-refractivity contribution in [3.63, 3.8) is 0 Å². The third kappa shape index (κ3) is 3.21. The van der Waals surface area contributed by atoms with Crippen molar-refractivity contribution in [3.8, 4) is 0 Å². The van der Waals surface area contributed by atoms with Crippen molar-refractivity contribution in [2.24, 2.45) is 0 Å². The van der Waals surface area contributed by atoms with E-state index in [1.807, 2.05) is 6.07 Å². The molecule has 0 unspecified atom stereocenters. The summed E-state index contributed by atoms with van der Waals surface area (Å²) >= 11 is 0. The Morgan fingerprint density at radius 1 is 0.955 bits per heavy atom. The van der Waals surface area contributed by atoms with Gasteiger partial charge in [0.25, 0.3) is 0 Å². The summed E-state index contributed by atoms with van der Waals surface area (Å²) in [7, 11) is -3.22. The average Bonchev–Trinajstić information content (AvgIpc) is 2.56. The highest BCUT2D eigenvalue weighted by atomic mass is 32.2. The van der Waals surface area contributed by atoms with Crippen LogP contribution in [0.25, 0.3) is 0 Å². The second kappa shape index (κ2) is 6.69. The molecule has 1 aromatic rings. The Balaban J connectivity index is 1.64. The van der Waals surface area contributed by atoms with Crippen LogP contribution in [0, 0.1) is 0 Å². The van der Waals surface area contributed by atoms with E-state index in [0.29, 0.717) is 17.7 Å². The first-order valence-electron chi connectivity index (χ1n) is 8.30. The van der Waals surface area contributed by atoms with Crippen molar-refractivity contribution in [1.29, 1.82) is 0 Å². The molecular weight excluding hydrogens is 298 g/mol. The van der Waals surface area contributed by atoms with Crippen LogP contribution in [-0.2, 0) is 9.84 Å². The number of likely N-dealkylation sites (tertiary alicyclic amines) is 1. The van der Waals surface area contributed by atoms with Gasteiger partial charge in [-0.05, 0) is 50.9 Å². The molecule has 1 saturated carbocycles. The van der Waals surface area contributed by atoms with E-state index in [9.17, 15) is 13.5 Å². The highest BCUT2D eigenvalue weighted by Gasteiger charge is 2.35. The Kier molecular flexibility index (Phi) is 4.85. The topological polar surface area (TPSA) is 57.6 Å². The fraction of sp³-hybridized carbons (Fsp3) is 0.647. The predicted molar refractivity (Wildman–Crippen MR) is 86.5 cm³/mol. The number of sulfone groups is 1. The number of rotatable bonds is 3. The molecule has 5 heteroatoms. The number of hydrogen-bond donors (Lipinski definition) is 1. The second-order valence-electron chi connectivity index (χ2n) is 6.51. The second-order valence-corrected chi connectivity index (χ2v) is 8.74. The van der Waals surface area contributed by atoms with Gasteiger partial charge in [0.15, 0.2) is 9.84 Å². The molecule has 4 nitrogen and oxygen atoms in total. The highest BCUT2D eigenvalue weighted by molar-refractivity contribution is 7.92. The number of hydrogen-bond acceptors (Lipinski definition) is 4. The minimum atomic E-state index is -3.22. The third-order valence-electron chi connectivity index (χ3n) is 5.15. The molecule has 1 aliphatic carbocycles. The molecule has 1 heterocycles. The first-order valence-corrected chi connectivity index (χ1v) is 9.85. The minimum absolute atomic E-state index is 0.231. The summed E-state index contributed by atoms with van der Waals surface area (Å²) in [5.74, 6) is 0. The van der Waals surface area contributed by atoms with Gasteiger partial charge in [-0.15, -0.1) is 0 Å². The van der Waals surface area contributed by atoms with E-state index in [4.69, 9.17) is 0 Å². The molecule has 0 spiro atoms. The van der Waals surface area contributed by atoms with E-state index < -0.39 is 9.84 Å². The average molecular weight is 323 g/mol. The maximum atomic E-state index is 12.7. The van der Waals surface area contributed by atoms with Crippen molar-refractivity contribution in [3.05, 3.63) is 30.3 Å². The smallest absolute Gasteiger partial charge is 0.181 e. The minimum Gasteiger partial charge on any atom is -0.391 e. The van der Waals surface area contributed by atoms with Gasteiger partial charge >= 0.3 is 0 Å². The zero-order chi connectivity index (χ0) is 15.6. The van der Waals surface area contributed by atoms with Gasteiger partial charge in [-0.3, -0.25) is 4.90 Å². The fourth-order valence-electron chi connectivity index (χ4n) is 3.84. The van der Waals surface area contributed by atoms with E-state index in [0.717, 1.165) is 32.4 Å². The normalized spacial score (nSPS) is 28.6. The summed E-state index contributed by atoms with van der Waals surface area (Å²) in [6.07, 6.45) is 5.29. The highest BCUT2D eigenvalue weighted by Crippen LogP contribution is 2.29. The molecule has 0 amide bonds. The van der Waals surface area contributed by atoms with Crippen LogP contribution in [0.5, 0.6) is 0 Å². The first kappa shape index (κ1) is 16.0. The zero-order valence-electron chi connectivity index (χ0n) is 12.9. The standard InChI is InChI=1S/C17H25NO3S/c19-17-9-5-4-8-16(17)18-12-10-15(11-13-18)22(20,21)14-6-2-1-3-7-14/h1-3,6-7,15-17,19H,4-5,8-13H2/t16-,17-/m1/s1. The molecule has 0 radical (unpaired) electrons. The molecule has 0 aromatic heterocycles. The van der Waals surface area contributed by atoms with Gasteiger partial charge in [-0.1, -0.05) is 31.0 Å². The molecule has 2 aliphatic rings. The SMILES string of the molecule is O=S(=O)(c1ccccc1)C1CCN([C@@H]2CCCC[C@H]2O)CC1. The van der Waals surface area contributed by atoms with E-state index in [1.165, 1.54) is 6.42 Å². The molecule has 3 rings (SSSR count). The van der Waals surface area contributed by atoms with Crippen molar-refractivity contribution in [2.75, 3.05) is 13.1 Å². The maximum absolute atomic E-state index is 12.7. The predicted octanol–water partition coefficient (Wildman–Crippen LogP) is 2.23. The molecular formula is C17H25NO3S. The summed E-state index contributed by atoms with van der Waals surface area (Å²) in [6, 6.07) is 9.00. The van der Waals surface area contributed by atoms with Crippen LogP contribution >= 0.6 is 0 Å². The van der Waals surface area contributed by atoms with Crippen LogP contribution in [0.2, 0.25) is 0 Å². The molecule has 1 aliphatic heterocycles. The van der Waals surface area contributed by atoms with Gasteiger partial charge < -0.3 is 5.11 Å². The number of aliphatic hydroxyl groups excluding tert-OH is 1. The number of aliphatic hydroxyl groups is 1. The summed E-state index contributed by atoms with van der Waals surface area (Å²) in [5.41, 5.74) is 0. The molecule has 1 N–H and O–H groups in total. The third-order valence-corrected chi connectivity index (χ3v) is 7.43. The first-order chi connectivity index (χ1) is 10.6. The lowest BCUT2D eigenvalue weighted by atomic mass is 9.90. The number of nitrogens with zero attached hydrogens (tertiary/aromatic N) is 1. The van der Waals surface area contributed by atoms with Gasteiger partial charge in [-0.2, -0.15) is 0 Å². The van der Waals surface area contributed by atoms with Gasteiger partial charge in [-0.25, -0.2) is 8.42 Å². The lowest BCUT2D eigenvalue weighted by Crippen LogP contribution is -2.50. The summed E-state index contributed by atoms with van der Waals surface area (Å²) in [4.78, 5) is 2.74. The van der Waals surface area contributed by atoms with Crippen LogP contribution in [0.4, 0.5) is 0 Å². The molecule has 1 saturated heterocycles. The van der Waals surface area contributed by atoms with Crippen LogP contribution in [0.1, 0.15) is 38.5 Å². The molecule has 122 valence electrons. The largest absolute Gasteiger partial charge is 0.391 e. The Morgan fingerprint density at radius 3 is 2.23 bits per heavy atom. The van der Waals surface area contributed by atoms with Gasteiger partial charge in [0.05, 0.1) is 16.2 Å². The monoisotopic (exact) mass is 323 g/mol. The maximum Gasteiger partial charge on any atom is 0.181 e. The van der Waals surface area contributed by atoms with Gasteiger partial charge in [0.2, 0.25) is 0 Å². The van der Waals surface area contributed by atoms with Crippen LogP contribution < -0.4 is 0 Å². The summed E-state index contributed by atoms with van der Waals surface area (Å²) < 4.78 is 25.3.